The molecule has 1 aromatic rings. The zero-order valence-electron chi connectivity index (χ0n) is 16.0. The van der Waals surface area contributed by atoms with E-state index in [-0.39, 0.29) is 24.1 Å². The molecule has 0 amide bonds. The Morgan fingerprint density at radius 3 is 2.20 bits per heavy atom. The molecule has 1 rings (SSSR count). The van der Waals surface area contributed by atoms with Crippen LogP contribution in [0.3, 0.4) is 0 Å². The third kappa shape index (κ3) is 5.76. The third-order valence-corrected chi connectivity index (χ3v) is 4.41. The Morgan fingerprint density at radius 2 is 1.68 bits per heavy atom. The van der Waals surface area contributed by atoms with E-state index in [1.807, 2.05) is 13.0 Å². The zero-order valence-corrected chi connectivity index (χ0v) is 16.0. The first-order valence-corrected chi connectivity index (χ1v) is 8.88. The second-order valence-corrected chi connectivity index (χ2v) is 6.04. The van der Waals surface area contributed by atoms with E-state index in [1.54, 1.807) is 13.2 Å². The van der Waals surface area contributed by atoms with E-state index in [0.717, 1.165) is 31.2 Å². The molecule has 0 saturated carbocycles. The lowest BCUT2D eigenvalue weighted by Gasteiger charge is -2.21. The zero-order chi connectivity index (χ0) is 18.8. The number of methoxy groups -OCH3 is 3. The number of ketones is 1. The Morgan fingerprint density at radius 1 is 1.00 bits per heavy atom. The number of benzene rings is 1. The van der Waals surface area contributed by atoms with Crippen LogP contribution in [0.4, 0.5) is 0 Å². The van der Waals surface area contributed by atoms with Crippen molar-refractivity contribution in [1.82, 2.24) is 0 Å². The summed E-state index contributed by atoms with van der Waals surface area (Å²) in [6.07, 6.45) is 4.69. The van der Waals surface area contributed by atoms with E-state index < -0.39 is 0 Å². The molecule has 0 fully saturated rings. The van der Waals surface area contributed by atoms with Crippen molar-refractivity contribution in [2.45, 2.75) is 58.3 Å². The lowest BCUT2D eigenvalue weighted by molar-refractivity contribution is -0.141. The first kappa shape index (κ1) is 21.0. The van der Waals surface area contributed by atoms with Crippen LogP contribution in [-0.4, -0.2) is 33.1 Å². The van der Waals surface area contributed by atoms with Crippen molar-refractivity contribution in [2.24, 2.45) is 0 Å². The maximum absolute atomic E-state index is 12.3. The molecule has 25 heavy (non-hydrogen) atoms. The van der Waals surface area contributed by atoms with Gasteiger partial charge in [-0.2, -0.15) is 0 Å². The van der Waals surface area contributed by atoms with Crippen molar-refractivity contribution < 1.29 is 23.8 Å². The van der Waals surface area contributed by atoms with Crippen molar-refractivity contribution in [1.29, 1.82) is 0 Å². The topological polar surface area (TPSA) is 61.8 Å². The quantitative estimate of drug-likeness (QED) is 0.333. The molecule has 1 atom stereocenters. The fraction of sp³-hybridized carbons (Fsp3) is 0.600. The minimum Gasteiger partial charge on any atom is -0.496 e. The van der Waals surface area contributed by atoms with Gasteiger partial charge in [-0.3, -0.25) is 9.59 Å². The van der Waals surface area contributed by atoms with Gasteiger partial charge < -0.3 is 14.2 Å². The Labute approximate surface area is 150 Å². The molecule has 0 N–H and O–H groups in total. The molecule has 0 aliphatic carbocycles. The predicted octanol–water partition coefficient (Wildman–Crippen LogP) is 4.52. The van der Waals surface area contributed by atoms with E-state index in [9.17, 15) is 9.59 Å². The number of carbonyl (C=O) groups excluding carboxylic acids is 2. The van der Waals surface area contributed by atoms with Gasteiger partial charge in [0.15, 0.2) is 5.78 Å². The number of unbranched alkanes of at least 4 members (excludes halogenated alkanes) is 2. The Kier molecular flexibility index (Phi) is 9.03. The average Bonchev–Trinajstić information content (AvgIpc) is 2.65. The second kappa shape index (κ2) is 10.7. The van der Waals surface area contributed by atoms with Gasteiger partial charge in [0.2, 0.25) is 0 Å². The van der Waals surface area contributed by atoms with Crippen LogP contribution in [-0.2, 0) is 9.53 Å². The standard InChI is InChI=1S/C20H30O5/c1-6-8-9-10-14(11-20(22)25-5)15-12-16(17(21)7-2)19(24-4)13-18(15)23-3/h12-14H,6-11H2,1-5H3. The van der Waals surface area contributed by atoms with Gasteiger partial charge in [-0.1, -0.05) is 33.1 Å². The molecule has 0 saturated heterocycles. The van der Waals surface area contributed by atoms with Crippen molar-refractivity contribution in [3.05, 3.63) is 23.3 Å². The van der Waals surface area contributed by atoms with Gasteiger partial charge in [0.05, 0.1) is 33.3 Å². The van der Waals surface area contributed by atoms with E-state index in [0.29, 0.717) is 23.5 Å². The molecule has 0 aliphatic rings. The molecular formula is C20H30O5. The summed E-state index contributed by atoms with van der Waals surface area (Å²) in [5.74, 6) is 0.824. The number of rotatable bonds is 11. The summed E-state index contributed by atoms with van der Waals surface area (Å²) in [5, 5.41) is 0. The molecule has 140 valence electrons. The number of hydrogen-bond acceptors (Lipinski definition) is 5. The van der Waals surface area contributed by atoms with Crippen LogP contribution in [0.25, 0.3) is 0 Å². The molecule has 0 aromatic heterocycles. The van der Waals surface area contributed by atoms with Gasteiger partial charge in [-0.05, 0) is 24.0 Å². The molecular weight excluding hydrogens is 320 g/mol. The SMILES string of the molecule is CCCCCC(CC(=O)OC)c1cc(C(=O)CC)c(OC)cc1OC. The molecule has 0 bridgehead atoms. The van der Waals surface area contributed by atoms with Crippen LogP contribution in [0, 0.1) is 0 Å². The van der Waals surface area contributed by atoms with E-state index in [2.05, 4.69) is 6.92 Å². The van der Waals surface area contributed by atoms with Crippen LogP contribution in [0.1, 0.15) is 74.2 Å². The maximum Gasteiger partial charge on any atom is 0.306 e. The molecule has 0 radical (unpaired) electrons. The van der Waals surface area contributed by atoms with Gasteiger partial charge >= 0.3 is 5.97 Å². The van der Waals surface area contributed by atoms with Crippen LogP contribution >= 0.6 is 0 Å². The van der Waals surface area contributed by atoms with Gasteiger partial charge in [0, 0.05) is 12.5 Å². The normalized spacial score (nSPS) is 11.7. The summed E-state index contributed by atoms with van der Waals surface area (Å²) >= 11 is 0. The first-order valence-electron chi connectivity index (χ1n) is 8.88. The number of Topliss-reactive ketones (excluding diaryl/α,β-unsaturated/α-hetero) is 1. The van der Waals surface area contributed by atoms with Crippen molar-refractivity contribution in [2.75, 3.05) is 21.3 Å². The largest absolute Gasteiger partial charge is 0.496 e. The minimum atomic E-state index is -0.261. The Hall–Kier alpha value is -2.04. The Balaban J connectivity index is 3.33. The summed E-state index contributed by atoms with van der Waals surface area (Å²) in [6, 6.07) is 3.56. The summed E-state index contributed by atoms with van der Waals surface area (Å²) in [6.45, 7) is 3.96. The molecule has 5 heteroatoms. The summed E-state index contributed by atoms with van der Waals surface area (Å²) in [5.41, 5.74) is 1.40. The minimum absolute atomic E-state index is 0.00568. The van der Waals surface area contributed by atoms with Crippen molar-refractivity contribution >= 4 is 11.8 Å². The lowest BCUT2D eigenvalue weighted by Crippen LogP contribution is -2.12. The number of ether oxygens (including phenoxy) is 3. The van der Waals surface area contributed by atoms with Gasteiger partial charge in [0.25, 0.3) is 0 Å². The van der Waals surface area contributed by atoms with E-state index in [4.69, 9.17) is 14.2 Å². The van der Waals surface area contributed by atoms with Crippen LogP contribution < -0.4 is 9.47 Å². The highest BCUT2D eigenvalue weighted by Gasteiger charge is 2.24. The van der Waals surface area contributed by atoms with E-state index in [1.165, 1.54) is 14.2 Å². The Bertz CT molecular complexity index is 580. The highest BCUT2D eigenvalue weighted by atomic mass is 16.5. The van der Waals surface area contributed by atoms with Gasteiger partial charge in [-0.15, -0.1) is 0 Å². The van der Waals surface area contributed by atoms with E-state index >= 15 is 0 Å². The predicted molar refractivity (Wildman–Crippen MR) is 97.7 cm³/mol. The summed E-state index contributed by atoms with van der Waals surface area (Å²) in [4.78, 5) is 24.2. The number of hydrogen-bond donors (Lipinski definition) is 0. The van der Waals surface area contributed by atoms with Gasteiger partial charge in [-0.25, -0.2) is 0 Å². The highest BCUT2D eigenvalue weighted by Crippen LogP contribution is 2.38. The second-order valence-electron chi connectivity index (χ2n) is 6.04. The summed E-state index contributed by atoms with van der Waals surface area (Å²) in [7, 11) is 4.51. The third-order valence-electron chi connectivity index (χ3n) is 4.41. The molecule has 0 aliphatic heterocycles. The number of carbonyl (C=O) groups is 2. The molecule has 1 unspecified atom stereocenters. The fourth-order valence-electron chi connectivity index (χ4n) is 2.94. The smallest absolute Gasteiger partial charge is 0.306 e. The fourth-order valence-corrected chi connectivity index (χ4v) is 2.94. The first-order chi connectivity index (χ1) is 12.0. The maximum atomic E-state index is 12.3. The van der Waals surface area contributed by atoms with Crippen LogP contribution in [0.15, 0.2) is 12.1 Å². The monoisotopic (exact) mass is 350 g/mol. The molecule has 0 heterocycles. The van der Waals surface area contributed by atoms with Crippen molar-refractivity contribution in [3.63, 3.8) is 0 Å². The van der Waals surface area contributed by atoms with Crippen LogP contribution in [0.5, 0.6) is 11.5 Å². The summed E-state index contributed by atoms with van der Waals surface area (Å²) < 4.78 is 15.7. The molecule has 1 aromatic carbocycles. The molecule has 0 spiro atoms. The van der Waals surface area contributed by atoms with Crippen LogP contribution in [0.2, 0.25) is 0 Å². The average molecular weight is 350 g/mol. The van der Waals surface area contributed by atoms with Crippen molar-refractivity contribution in [3.8, 4) is 11.5 Å². The highest BCUT2D eigenvalue weighted by molar-refractivity contribution is 5.99. The number of esters is 1. The lowest BCUT2D eigenvalue weighted by atomic mass is 9.87. The molecule has 5 nitrogen and oxygen atoms in total. The van der Waals surface area contributed by atoms with Gasteiger partial charge in [0.1, 0.15) is 11.5 Å².